The van der Waals surface area contributed by atoms with Gasteiger partial charge in [-0.05, 0) is 48.4 Å². The van der Waals surface area contributed by atoms with Crippen molar-refractivity contribution in [3.63, 3.8) is 0 Å². The summed E-state index contributed by atoms with van der Waals surface area (Å²) < 4.78 is 66.8. The van der Waals surface area contributed by atoms with E-state index in [9.17, 15) is 31.2 Å². The summed E-state index contributed by atoms with van der Waals surface area (Å²) in [5.41, 5.74) is -0.487. The smallest absolute Gasteiger partial charge is 0.355 e. The number of rotatable bonds is 11. The minimum Gasteiger partial charge on any atom is -0.355 e. The molecular weight excluding hydrogens is 638 g/mol. The van der Waals surface area contributed by atoms with E-state index in [0.717, 1.165) is 18.4 Å². The predicted octanol–water partition coefficient (Wildman–Crippen LogP) is 6.21. The number of halogens is 6. The standard InChI is InChI=1S/C28H27Cl3F3N3O4S/c1-3-35-27(39)25(14-18-7-5-4-6-8-18)36(16-19-9-11-23(30)24(31)13-19)26(38)17-37(42(2,40)41)20-10-12-22(29)21(15-20)28(32,33)34/h4-13,15,25H,3,14,16-17H2,1-2H3,(H,35,39). The maximum absolute atomic E-state index is 14.0. The number of benzene rings is 3. The van der Waals surface area contributed by atoms with Crippen molar-refractivity contribution in [2.75, 3.05) is 23.7 Å². The van der Waals surface area contributed by atoms with Gasteiger partial charge in [0, 0.05) is 19.5 Å². The Hall–Kier alpha value is -2.99. The first kappa shape index (κ1) is 33.5. The van der Waals surface area contributed by atoms with Gasteiger partial charge in [-0.2, -0.15) is 13.2 Å². The average molecular weight is 665 g/mol. The number of nitrogens with zero attached hydrogens (tertiary/aromatic N) is 2. The van der Waals surface area contributed by atoms with Crippen LogP contribution in [0.4, 0.5) is 18.9 Å². The minimum atomic E-state index is -4.88. The molecule has 0 saturated carbocycles. The summed E-state index contributed by atoms with van der Waals surface area (Å²) in [6.45, 7) is 0.867. The number of hydrogen-bond donors (Lipinski definition) is 1. The highest BCUT2D eigenvalue weighted by Crippen LogP contribution is 2.37. The molecule has 0 bridgehead atoms. The van der Waals surface area contributed by atoms with Crippen LogP contribution in [-0.2, 0) is 38.8 Å². The molecule has 1 atom stereocenters. The summed E-state index contributed by atoms with van der Waals surface area (Å²) in [6.07, 6.45) is -4.05. The fourth-order valence-electron chi connectivity index (χ4n) is 4.18. The van der Waals surface area contributed by atoms with Gasteiger partial charge in [0.2, 0.25) is 21.8 Å². The van der Waals surface area contributed by atoms with E-state index < -0.39 is 56.9 Å². The first-order chi connectivity index (χ1) is 19.6. The second-order valence-electron chi connectivity index (χ2n) is 9.30. The third kappa shape index (κ3) is 8.76. The zero-order valence-electron chi connectivity index (χ0n) is 22.5. The monoisotopic (exact) mass is 663 g/mol. The van der Waals surface area contributed by atoms with Crippen molar-refractivity contribution in [3.8, 4) is 0 Å². The van der Waals surface area contributed by atoms with Gasteiger partial charge in [-0.1, -0.05) is 71.2 Å². The molecule has 0 aliphatic heterocycles. The molecule has 3 rings (SSSR count). The van der Waals surface area contributed by atoms with Crippen LogP contribution in [-0.4, -0.2) is 50.5 Å². The normalized spacial score (nSPS) is 12.5. The molecule has 0 heterocycles. The Kier molecular flexibility index (Phi) is 11.2. The van der Waals surface area contributed by atoms with Crippen molar-refractivity contribution in [1.29, 1.82) is 0 Å². The van der Waals surface area contributed by atoms with Gasteiger partial charge in [-0.15, -0.1) is 0 Å². The molecule has 0 saturated heterocycles. The molecule has 0 aliphatic rings. The molecular formula is C28H27Cl3F3N3O4S. The largest absolute Gasteiger partial charge is 0.417 e. The number of amides is 2. The van der Waals surface area contributed by atoms with E-state index in [1.165, 1.54) is 17.0 Å². The van der Waals surface area contributed by atoms with Gasteiger partial charge in [0.1, 0.15) is 12.6 Å². The highest BCUT2D eigenvalue weighted by atomic mass is 35.5. The van der Waals surface area contributed by atoms with E-state index in [0.29, 0.717) is 21.5 Å². The maximum Gasteiger partial charge on any atom is 0.417 e. The van der Waals surface area contributed by atoms with E-state index in [1.807, 2.05) is 0 Å². The van der Waals surface area contributed by atoms with E-state index in [1.54, 1.807) is 43.3 Å². The molecule has 3 aromatic carbocycles. The van der Waals surface area contributed by atoms with Crippen LogP contribution in [0.5, 0.6) is 0 Å². The molecule has 0 radical (unpaired) electrons. The van der Waals surface area contributed by atoms with Crippen molar-refractivity contribution in [3.05, 3.63) is 98.5 Å². The third-order valence-corrected chi connectivity index (χ3v) is 8.39. The van der Waals surface area contributed by atoms with Gasteiger partial charge < -0.3 is 10.2 Å². The topological polar surface area (TPSA) is 86.8 Å². The molecule has 1 N–H and O–H groups in total. The Bertz CT molecular complexity index is 1540. The zero-order chi connectivity index (χ0) is 31.2. The van der Waals surface area contributed by atoms with Crippen molar-refractivity contribution < 1.29 is 31.2 Å². The molecule has 0 fully saturated rings. The number of nitrogens with one attached hydrogen (secondary N) is 1. The fourth-order valence-corrected chi connectivity index (χ4v) is 5.57. The number of carbonyl (C=O) groups is 2. The second kappa shape index (κ2) is 14.0. The summed E-state index contributed by atoms with van der Waals surface area (Å²) >= 11 is 18.0. The highest BCUT2D eigenvalue weighted by molar-refractivity contribution is 7.92. The van der Waals surface area contributed by atoms with E-state index in [2.05, 4.69) is 5.32 Å². The van der Waals surface area contributed by atoms with Gasteiger partial charge in [-0.25, -0.2) is 8.42 Å². The predicted molar refractivity (Wildman–Crippen MR) is 158 cm³/mol. The molecule has 7 nitrogen and oxygen atoms in total. The summed E-state index contributed by atoms with van der Waals surface area (Å²) in [5, 5.41) is 2.52. The van der Waals surface area contributed by atoms with Gasteiger partial charge in [0.05, 0.1) is 32.6 Å². The van der Waals surface area contributed by atoms with E-state index in [-0.39, 0.29) is 29.6 Å². The number of anilines is 1. The Morgan fingerprint density at radius 1 is 0.905 bits per heavy atom. The summed E-state index contributed by atoms with van der Waals surface area (Å²) in [5.74, 6) is -1.35. The molecule has 14 heteroatoms. The van der Waals surface area contributed by atoms with Gasteiger partial charge in [0.15, 0.2) is 0 Å². The minimum absolute atomic E-state index is 0.0672. The lowest BCUT2D eigenvalue weighted by Gasteiger charge is -2.33. The number of sulfonamides is 1. The zero-order valence-corrected chi connectivity index (χ0v) is 25.5. The second-order valence-corrected chi connectivity index (χ2v) is 12.4. The summed E-state index contributed by atoms with van der Waals surface area (Å²) in [4.78, 5) is 28.5. The van der Waals surface area contributed by atoms with Crippen LogP contribution < -0.4 is 9.62 Å². The van der Waals surface area contributed by atoms with Crippen molar-refractivity contribution in [1.82, 2.24) is 10.2 Å². The first-order valence-corrected chi connectivity index (χ1v) is 15.5. The molecule has 0 spiro atoms. The van der Waals surface area contributed by atoms with Crippen LogP contribution >= 0.6 is 34.8 Å². The Labute approximate surface area is 257 Å². The van der Waals surface area contributed by atoms with Crippen molar-refractivity contribution >= 4 is 62.3 Å². The van der Waals surface area contributed by atoms with Crippen molar-refractivity contribution in [2.24, 2.45) is 0 Å². The average Bonchev–Trinajstić information content (AvgIpc) is 2.91. The summed E-state index contributed by atoms with van der Waals surface area (Å²) in [7, 11) is -4.29. The third-order valence-electron chi connectivity index (χ3n) is 6.18. The molecule has 3 aromatic rings. The SMILES string of the molecule is CCNC(=O)C(Cc1ccccc1)N(Cc1ccc(Cl)c(Cl)c1)C(=O)CN(c1ccc(Cl)c(C(F)(F)F)c1)S(C)(=O)=O. The fraction of sp³-hybridized carbons (Fsp3) is 0.286. The molecule has 0 aliphatic carbocycles. The lowest BCUT2D eigenvalue weighted by molar-refractivity contribution is -0.140. The lowest BCUT2D eigenvalue weighted by atomic mass is 10.0. The molecule has 0 aromatic heterocycles. The van der Waals surface area contributed by atoms with Crippen LogP contribution in [0.25, 0.3) is 0 Å². The van der Waals surface area contributed by atoms with Gasteiger partial charge in [0.25, 0.3) is 0 Å². The quantitative estimate of drug-likeness (QED) is 0.264. The van der Waals surface area contributed by atoms with Crippen LogP contribution in [0.1, 0.15) is 23.6 Å². The Balaban J connectivity index is 2.10. The number of carbonyl (C=O) groups excluding carboxylic acids is 2. The Morgan fingerprint density at radius 2 is 1.55 bits per heavy atom. The molecule has 42 heavy (non-hydrogen) atoms. The van der Waals surface area contributed by atoms with Gasteiger partial charge in [-0.3, -0.25) is 13.9 Å². The molecule has 226 valence electrons. The maximum atomic E-state index is 14.0. The van der Waals surface area contributed by atoms with Crippen LogP contribution in [0, 0.1) is 0 Å². The molecule has 1 unspecified atom stereocenters. The van der Waals surface area contributed by atoms with Crippen molar-refractivity contribution in [2.45, 2.75) is 32.1 Å². The Morgan fingerprint density at radius 3 is 2.12 bits per heavy atom. The highest BCUT2D eigenvalue weighted by Gasteiger charge is 2.36. The van der Waals surface area contributed by atoms with Gasteiger partial charge >= 0.3 is 6.18 Å². The van der Waals surface area contributed by atoms with Crippen LogP contribution in [0.3, 0.4) is 0 Å². The van der Waals surface area contributed by atoms with Crippen LogP contribution in [0.15, 0.2) is 66.7 Å². The van der Waals surface area contributed by atoms with E-state index >= 15 is 0 Å². The number of hydrogen-bond acceptors (Lipinski definition) is 4. The van der Waals surface area contributed by atoms with Crippen LogP contribution in [0.2, 0.25) is 15.1 Å². The summed E-state index contributed by atoms with van der Waals surface area (Å²) in [6, 6.07) is 14.9. The molecule has 2 amide bonds. The van der Waals surface area contributed by atoms with E-state index in [4.69, 9.17) is 34.8 Å². The first-order valence-electron chi connectivity index (χ1n) is 12.5. The lowest BCUT2D eigenvalue weighted by Crippen LogP contribution is -2.53. The number of alkyl halides is 3. The number of likely N-dealkylation sites (N-methyl/N-ethyl adjacent to an activating group) is 1.